The Morgan fingerprint density at radius 2 is 1.76 bits per heavy atom. The first-order valence-corrected chi connectivity index (χ1v) is 9.68. The molecular weight excluding hydrogens is 232 g/mol. The Morgan fingerprint density at radius 3 is 2.24 bits per heavy atom. The molecule has 0 spiro atoms. The zero-order valence-electron chi connectivity index (χ0n) is 11.3. The molecule has 1 fully saturated rings. The van der Waals surface area contributed by atoms with Gasteiger partial charge in [0, 0.05) is 0 Å². The molecule has 0 aromatic rings. The van der Waals surface area contributed by atoms with E-state index in [1.165, 1.54) is 13.5 Å². The summed E-state index contributed by atoms with van der Waals surface area (Å²) in [6.07, 6.45) is 4.38. The Labute approximate surface area is 105 Å². The van der Waals surface area contributed by atoms with Crippen molar-refractivity contribution in [3.05, 3.63) is 0 Å². The Morgan fingerprint density at radius 1 is 1.18 bits per heavy atom. The quantitative estimate of drug-likeness (QED) is 0.409. The molecule has 0 N–H and O–H groups in total. The van der Waals surface area contributed by atoms with Crippen molar-refractivity contribution in [2.75, 3.05) is 7.11 Å². The molecule has 0 unspecified atom stereocenters. The minimum absolute atomic E-state index is 0.592. The van der Waals surface area contributed by atoms with Crippen molar-refractivity contribution in [2.45, 2.75) is 57.3 Å². The number of methoxy groups -OCH3 is 1. The highest BCUT2D eigenvalue weighted by atomic mass is 28.3. The first kappa shape index (κ1) is 14.1. The van der Waals surface area contributed by atoms with Crippen molar-refractivity contribution in [1.82, 2.24) is 0 Å². The van der Waals surface area contributed by atoms with Crippen molar-refractivity contribution in [3.63, 3.8) is 0 Å². The van der Waals surface area contributed by atoms with Crippen LogP contribution in [-0.2, 0) is 9.47 Å². The third kappa shape index (κ3) is 4.82. The summed E-state index contributed by atoms with van der Waals surface area (Å²) in [5.41, 5.74) is 2.73. The molecule has 0 radical (unpaired) electrons. The molecule has 0 aliphatic heterocycles. The standard InChI is InChI=1S/C13H22O3Si/c1-15-12(14)16-13(8-6-5-7-9-13)10-11-17(2,3)4/h5-9H2,1-4H3. The van der Waals surface area contributed by atoms with Gasteiger partial charge >= 0.3 is 6.16 Å². The lowest BCUT2D eigenvalue weighted by molar-refractivity contribution is -0.0135. The molecule has 1 saturated carbocycles. The van der Waals surface area contributed by atoms with Gasteiger partial charge in [-0.3, -0.25) is 0 Å². The summed E-state index contributed by atoms with van der Waals surface area (Å²) in [4.78, 5) is 11.3. The van der Waals surface area contributed by atoms with Gasteiger partial charge in [0.25, 0.3) is 0 Å². The second-order valence-corrected chi connectivity index (χ2v) is 10.4. The number of hydrogen-bond acceptors (Lipinski definition) is 3. The monoisotopic (exact) mass is 254 g/mol. The van der Waals surface area contributed by atoms with Gasteiger partial charge in [-0.1, -0.05) is 32.0 Å². The van der Waals surface area contributed by atoms with E-state index in [0.29, 0.717) is 0 Å². The predicted molar refractivity (Wildman–Crippen MR) is 70.4 cm³/mol. The molecule has 4 heteroatoms. The predicted octanol–water partition coefficient (Wildman–Crippen LogP) is 3.35. The van der Waals surface area contributed by atoms with Crippen LogP contribution in [-0.4, -0.2) is 26.9 Å². The Kier molecular flexibility index (Phi) is 4.64. The van der Waals surface area contributed by atoms with Crippen LogP contribution in [0.1, 0.15) is 32.1 Å². The fourth-order valence-corrected chi connectivity index (χ4v) is 2.48. The molecule has 0 atom stereocenters. The maximum absolute atomic E-state index is 11.3. The smallest absolute Gasteiger partial charge is 0.438 e. The largest absolute Gasteiger partial charge is 0.509 e. The lowest BCUT2D eigenvalue weighted by Crippen LogP contribution is -2.36. The van der Waals surface area contributed by atoms with Gasteiger partial charge in [0.05, 0.1) is 7.11 Å². The Balaban J connectivity index is 2.84. The maximum Gasteiger partial charge on any atom is 0.509 e. The summed E-state index contributed by atoms with van der Waals surface area (Å²) in [7, 11) is -0.105. The van der Waals surface area contributed by atoms with Crippen molar-refractivity contribution in [2.24, 2.45) is 0 Å². The fraction of sp³-hybridized carbons (Fsp3) is 0.769. The number of carbonyl (C=O) groups is 1. The normalized spacial score (nSPS) is 18.8. The van der Waals surface area contributed by atoms with E-state index < -0.39 is 19.8 Å². The third-order valence-corrected chi connectivity index (χ3v) is 3.65. The van der Waals surface area contributed by atoms with Crippen molar-refractivity contribution in [1.29, 1.82) is 0 Å². The number of hydrogen-bond donors (Lipinski definition) is 0. The average Bonchev–Trinajstić information content (AvgIpc) is 2.27. The molecular formula is C13H22O3Si. The molecule has 17 heavy (non-hydrogen) atoms. The lowest BCUT2D eigenvalue weighted by Gasteiger charge is -2.31. The zero-order valence-corrected chi connectivity index (χ0v) is 12.3. The van der Waals surface area contributed by atoms with Crippen LogP contribution in [0.5, 0.6) is 0 Å². The van der Waals surface area contributed by atoms with Crippen molar-refractivity contribution >= 4 is 14.2 Å². The van der Waals surface area contributed by atoms with E-state index in [1.807, 2.05) is 0 Å². The Bertz CT molecular complexity index is 327. The summed E-state index contributed by atoms with van der Waals surface area (Å²) in [5.74, 6) is 3.23. The van der Waals surface area contributed by atoms with E-state index in [4.69, 9.17) is 4.74 Å². The SMILES string of the molecule is COC(=O)OC1(C#C[Si](C)(C)C)CCCCC1. The minimum atomic E-state index is -1.44. The summed E-state index contributed by atoms with van der Waals surface area (Å²) in [5, 5.41) is 0. The van der Waals surface area contributed by atoms with Crippen molar-refractivity contribution < 1.29 is 14.3 Å². The van der Waals surface area contributed by atoms with Crippen LogP contribution in [0.3, 0.4) is 0 Å². The van der Waals surface area contributed by atoms with Gasteiger partial charge in [-0.05, 0) is 25.7 Å². The summed E-state index contributed by atoms with van der Waals surface area (Å²) in [6, 6.07) is 0. The fourth-order valence-electron chi connectivity index (χ4n) is 1.88. The van der Waals surface area contributed by atoms with E-state index in [2.05, 4.69) is 35.8 Å². The van der Waals surface area contributed by atoms with Crippen LogP contribution >= 0.6 is 0 Å². The molecule has 0 bridgehead atoms. The molecule has 1 rings (SSSR count). The molecule has 3 nitrogen and oxygen atoms in total. The number of rotatable bonds is 1. The lowest BCUT2D eigenvalue weighted by atomic mass is 9.85. The molecule has 0 aromatic carbocycles. The Hall–Kier alpha value is -0.953. The van der Waals surface area contributed by atoms with Crippen LogP contribution in [0.4, 0.5) is 4.79 Å². The first-order valence-electron chi connectivity index (χ1n) is 6.18. The highest BCUT2D eigenvalue weighted by molar-refractivity contribution is 6.83. The van der Waals surface area contributed by atoms with Crippen LogP contribution in [0.25, 0.3) is 0 Å². The molecule has 0 heterocycles. The number of carbonyl (C=O) groups excluding carboxylic acids is 1. The van der Waals surface area contributed by atoms with E-state index in [9.17, 15) is 4.79 Å². The van der Waals surface area contributed by atoms with Crippen LogP contribution in [0, 0.1) is 11.5 Å². The highest BCUT2D eigenvalue weighted by Crippen LogP contribution is 2.31. The van der Waals surface area contributed by atoms with Crippen LogP contribution in [0.2, 0.25) is 19.6 Å². The van der Waals surface area contributed by atoms with Gasteiger partial charge in [-0.15, -0.1) is 5.54 Å². The van der Waals surface area contributed by atoms with E-state index in [-0.39, 0.29) is 0 Å². The second-order valence-electron chi connectivity index (χ2n) is 5.61. The maximum atomic E-state index is 11.3. The van der Waals surface area contributed by atoms with Gasteiger partial charge in [0.15, 0.2) is 5.60 Å². The summed E-state index contributed by atoms with van der Waals surface area (Å²) < 4.78 is 10.0. The second kappa shape index (κ2) is 5.59. The highest BCUT2D eigenvalue weighted by Gasteiger charge is 2.35. The molecule has 0 amide bonds. The van der Waals surface area contributed by atoms with E-state index in [1.54, 1.807) is 0 Å². The van der Waals surface area contributed by atoms with Gasteiger partial charge in [0.2, 0.25) is 0 Å². The average molecular weight is 254 g/mol. The molecule has 0 aromatic heterocycles. The van der Waals surface area contributed by atoms with Gasteiger partial charge in [0.1, 0.15) is 8.07 Å². The first-order chi connectivity index (χ1) is 7.87. The molecule has 0 saturated heterocycles. The molecule has 1 aliphatic carbocycles. The number of ether oxygens (including phenoxy) is 2. The van der Waals surface area contributed by atoms with Gasteiger partial charge in [-0.2, -0.15) is 0 Å². The molecule has 96 valence electrons. The summed E-state index contributed by atoms with van der Waals surface area (Å²) in [6.45, 7) is 6.57. The van der Waals surface area contributed by atoms with Crippen LogP contribution < -0.4 is 0 Å². The van der Waals surface area contributed by atoms with Crippen molar-refractivity contribution in [3.8, 4) is 11.5 Å². The third-order valence-electron chi connectivity index (χ3n) is 2.77. The summed E-state index contributed by atoms with van der Waals surface area (Å²) >= 11 is 0. The van der Waals surface area contributed by atoms with E-state index >= 15 is 0 Å². The van der Waals surface area contributed by atoms with Gasteiger partial charge in [-0.25, -0.2) is 4.79 Å². The van der Waals surface area contributed by atoms with Gasteiger partial charge < -0.3 is 9.47 Å². The van der Waals surface area contributed by atoms with Crippen LogP contribution in [0.15, 0.2) is 0 Å². The minimum Gasteiger partial charge on any atom is -0.438 e. The topological polar surface area (TPSA) is 35.5 Å². The molecule has 1 aliphatic rings. The van der Waals surface area contributed by atoms with E-state index in [0.717, 1.165) is 25.7 Å². The zero-order chi connectivity index (χ0) is 12.9.